The highest BCUT2D eigenvalue weighted by atomic mass is 16.5. The van der Waals surface area contributed by atoms with Gasteiger partial charge in [-0.25, -0.2) is 4.98 Å². The summed E-state index contributed by atoms with van der Waals surface area (Å²) in [7, 11) is 1.63. The number of carbonyl (C=O) groups excluding carboxylic acids is 1. The zero-order valence-corrected chi connectivity index (χ0v) is 15.9. The van der Waals surface area contributed by atoms with E-state index in [1.54, 1.807) is 23.8 Å². The molecule has 0 spiro atoms. The van der Waals surface area contributed by atoms with Crippen LogP contribution in [0.2, 0.25) is 0 Å². The summed E-state index contributed by atoms with van der Waals surface area (Å²) in [6, 6.07) is 13.0. The van der Waals surface area contributed by atoms with Crippen LogP contribution in [-0.4, -0.2) is 22.6 Å². The summed E-state index contributed by atoms with van der Waals surface area (Å²) < 4.78 is 6.91. The van der Waals surface area contributed by atoms with E-state index >= 15 is 0 Å². The maximum atomic E-state index is 12.8. The summed E-state index contributed by atoms with van der Waals surface area (Å²) in [4.78, 5) is 29.7. The first-order valence-corrected chi connectivity index (χ1v) is 9.60. The van der Waals surface area contributed by atoms with E-state index in [2.05, 4.69) is 10.3 Å². The van der Waals surface area contributed by atoms with Crippen LogP contribution in [0.4, 0.5) is 5.69 Å². The first-order chi connectivity index (χ1) is 13.6. The van der Waals surface area contributed by atoms with E-state index < -0.39 is 0 Å². The van der Waals surface area contributed by atoms with E-state index in [-0.39, 0.29) is 11.5 Å². The van der Waals surface area contributed by atoms with Crippen molar-refractivity contribution in [2.45, 2.75) is 38.6 Å². The summed E-state index contributed by atoms with van der Waals surface area (Å²) in [5, 5.41) is 3.45. The minimum atomic E-state index is -0.0822. The minimum absolute atomic E-state index is 0.0194. The Morgan fingerprint density at radius 1 is 1.18 bits per heavy atom. The lowest BCUT2D eigenvalue weighted by molar-refractivity contribution is -0.116. The van der Waals surface area contributed by atoms with Gasteiger partial charge in [0.2, 0.25) is 5.91 Å². The Kier molecular flexibility index (Phi) is 5.10. The number of amides is 1. The predicted octanol–water partition coefficient (Wildman–Crippen LogP) is 3.31. The fourth-order valence-corrected chi connectivity index (χ4v) is 3.59. The largest absolute Gasteiger partial charge is 0.497 e. The average molecular weight is 377 g/mol. The van der Waals surface area contributed by atoms with Gasteiger partial charge < -0.3 is 10.1 Å². The van der Waals surface area contributed by atoms with Crippen molar-refractivity contribution in [1.29, 1.82) is 0 Å². The predicted molar refractivity (Wildman–Crippen MR) is 109 cm³/mol. The SMILES string of the molecule is COc1ccc(CCC(=O)Nc2ccc3nc4n(c(=O)c3c2)CCCC4)cc1. The Morgan fingerprint density at radius 3 is 2.79 bits per heavy atom. The first kappa shape index (κ1) is 18.2. The van der Waals surface area contributed by atoms with Crippen LogP contribution >= 0.6 is 0 Å². The summed E-state index contributed by atoms with van der Waals surface area (Å²) in [5.74, 6) is 1.58. The van der Waals surface area contributed by atoms with Crippen LogP contribution < -0.4 is 15.6 Å². The van der Waals surface area contributed by atoms with E-state index in [4.69, 9.17) is 4.74 Å². The van der Waals surface area contributed by atoms with Crippen molar-refractivity contribution in [1.82, 2.24) is 9.55 Å². The van der Waals surface area contributed by atoms with E-state index in [9.17, 15) is 9.59 Å². The number of fused-ring (bicyclic) bond motifs is 2. The molecule has 0 unspecified atom stereocenters. The van der Waals surface area contributed by atoms with Crippen molar-refractivity contribution in [3.8, 4) is 5.75 Å². The molecule has 0 atom stereocenters. The molecule has 0 saturated heterocycles. The van der Waals surface area contributed by atoms with Gasteiger partial charge in [0, 0.05) is 25.1 Å². The molecular formula is C22H23N3O3. The number of nitrogens with zero attached hydrogens (tertiary/aromatic N) is 2. The zero-order valence-electron chi connectivity index (χ0n) is 15.9. The summed E-state index contributed by atoms with van der Waals surface area (Å²) >= 11 is 0. The van der Waals surface area contributed by atoms with Gasteiger partial charge in [-0.15, -0.1) is 0 Å². The number of anilines is 1. The van der Waals surface area contributed by atoms with E-state index in [1.807, 2.05) is 30.3 Å². The second kappa shape index (κ2) is 7.84. The molecule has 1 aliphatic rings. The van der Waals surface area contributed by atoms with Gasteiger partial charge in [0.1, 0.15) is 11.6 Å². The molecule has 0 bridgehead atoms. The molecule has 28 heavy (non-hydrogen) atoms. The molecule has 0 radical (unpaired) electrons. The number of aromatic nitrogens is 2. The van der Waals surface area contributed by atoms with Crippen molar-refractivity contribution in [2.24, 2.45) is 0 Å². The van der Waals surface area contributed by atoms with Crippen molar-refractivity contribution in [3.63, 3.8) is 0 Å². The van der Waals surface area contributed by atoms with Gasteiger partial charge in [0.15, 0.2) is 0 Å². The van der Waals surface area contributed by atoms with Gasteiger partial charge >= 0.3 is 0 Å². The maximum Gasteiger partial charge on any atom is 0.261 e. The molecule has 0 fully saturated rings. The number of carbonyl (C=O) groups is 1. The summed E-state index contributed by atoms with van der Waals surface area (Å²) in [5.41, 5.74) is 2.37. The molecule has 4 rings (SSSR count). The average Bonchev–Trinajstić information content (AvgIpc) is 2.73. The molecule has 2 aromatic carbocycles. The van der Waals surface area contributed by atoms with Crippen molar-refractivity contribution in [2.75, 3.05) is 12.4 Å². The monoisotopic (exact) mass is 377 g/mol. The van der Waals surface area contributed by atoms with Crippen LogP contribution in [0.5, 0.6) is 5.75 Å². The van der Waals surface area contributed by atoms with E-state index in [1.165, 1.54) is 0 Å². The quantitative estimate of drug-likeness (QED) is 0.740. The summed E-state index contributed by atoms with van der Waals surface area (Å²) in [6.45, 7) is 0.718. The Morgan fingerprint density at radius 2 is 2.00 bits per heavy atom. The first-order valence-electron chi connectivity index (χ1n) is 9.60. The highest BCUT2D eigenvalue weighted by Crippen LogP contribution is 2.19. The van der Waals surface area contributed by atoms with Gasteiger partial charge in [-0.3, -0.25) is 14.2 Å². The van der Waals surface area contributed by atoms with E-state index in [0.29, 0.717) is 29.4 Å². The van der Waals surface area contributed by atoms with Gasteiger partial charge in [0.05, 0.1) is 18.0 Å². The number of methoxy groups -OCH3 is 1. The molecule has 1 aliphatic heterocycles. The van der Waals surface area contributed by atoms with Crippen molar-refractivity contribution in [3.05, 3.63) is 64.2 Å². The van der Waals surface area contributed by atoms with Crippen LogP contribution in [0, 0.1) is 0 Å². The molecule has 2 heterocycles. The highest BCUT2D eigenvalue weighted by Gasteiger charge is 2.15. The smallest absolute Gasteiger partial charge is 0.261 e. The van der Waals surface area contributed by atoms with Crippen LogP contribution in [0.15, 0.2) is 47.3 Å². The van der Waals surface area contributed by atoms with Gasteiger partial charge in [-0.2, -0.15) is 0 Å². The van der Waals surface area contributed by atoms with E-state index in [0.717, 1.165) is 42.9 Å². The lowest BCUT2D eigenvalue weighted by Crippen LogP contribution is -2.28. The van der Waals surface area contributed by atoms with Gasteiger partial charge in [0.25, 0.3) is 5.56 Å². The molecule has 6 heteroatoms. The molecular weight excluding hydrogens is 354 g/mol. The molecule has 0 aliphatic carbocycles. The third-order valence-corrected chi connectivity index (χ3v) is 5.15. The molecule has 0 saturated carbocycles. The van der Waals surface area contributed by atoms with Crippen molar-refractivity contribution >= 4 is 22.5 Å². The number of rotatable bonds is 5. The lowest BCUT2D eigenvalue weighted by Gasteiger charge is -2.18. The zero-order chi connectivity index (χ0) is 19.5. The fourth-order valence-electron chi connectivity index (χ4n) is 3.59. The molecule has 1 aromatic heterocycles. The number of ether oxygens (including phenoxy) is 1. The number of aryl methyl sites for hydroxylation is 2. The lowest BCUT2D eigenvalue weighted by atomic mass is 10.1. The second-order valence-electron chi connectivity index (χ2n) is 7.07. The third kappa shape index (κ3) is 3.76. The Bertz CT molecular complexity index is 1070. The van der Waals surface area contributed by atoms with Crippen LogP contribution in [0.3, 0.4) is 0 Å². The Labute approximate surface area is 163 Å². The Balaban J connectivity index is 1.47. The summed E-state index contributed by atoms with van der Waals surface area (Å²) in [6.07, 6.45) is 3.92. The molecule has 1 N–H and O–H groups in total. The number of hydrogen-bond acceptors (Lipinski definition) is 4. The minimum Gasteiger partial charge on any atom is -0.497 e. The molecule has 3 aromatic rings. The van der Waals surface area contributed by atoms with Crippen LogP contribution in [-0.2, 0) is 24.2 Å². The maximum absolute atomic E-state index is 12.8. The Hall–Kier alpha value is -3.15. The molecule has 6 nitrogen and oxygen atoms in total. The normalized spacial score (nSPS) is 13.2. The van der Waals surface area contributed by atoms with Crippen LogP contribution in [0.25, 0.3) is 10.9 Å². The number of nitrogens with one attached hydrogen (secondary N) is 1. The van der Waals surface area contributed by atoms with Crippen molar-refractivity contribution < 1.29 is 9.53 Å². The fraction of sp³-hybridized carbons (Fsp3) is 0.318. The van der Waals surface area contributed by atoms with Gasteiger partial charge in [-0.1, -0.05) is 12.1 Å². The molecule has 1 amide bonds. The number of benzene rings is 2. The van der Waals surface area contributed by atoms with Gasteiger partial charge in [-0.05, 0) is 55.2 Å². The standard InChI is InChI=1S/C22H23N3O3/c1-28-17-9-5-15(6-10-17)7-12-21(26)23-16-8-11-19-18(14-16)22(27)25-13-3-2-4-20(25)24-19/h5-6,8-11,14H,2-4,7,12-13H2,1H3,(H,23,26). The topological polar surface area (TPSA) is 73.2 Å². The second-order valence-corrected chi connectivity index (χ2v) is 7.07. The highest BCUT2D eigenvalue weighted by molar-refractivity contribution is 5.93. The molecule has 144 valence electrons. The number of hydrogen-bond donors (Lipinski definition) is 1. The van der Waals surface area contributed by atoms with Crippen LogP contribution in [0.1, 0.15) is 30.7 Å². The third-order valence-electron chi connectivity index (χ3n) is 5.15.